The van der Waals surface area contributed by atoms with Gasteiger partial charge in [-0.05, 0) is 58.5 Å². The molecule has 0 saturated heterocycles. The zero-order valence-corrected chi connectivity index (χ0v) is 12.5. The third kappa shape index (κ3) is 2.25. The van der Waals surface area contributed by atoms with Crippen LogP contribution in [0.5, 0.6) is 0 Å². The first kappa shape index (κ1) is 12.6. The van der Waals surface area contributed by atoms with Crippen LogP contribution in [0.3, 0.4) is 0 Å². The summed E-state index contributed by atoms with van der Waals surface area (Å²) >= 11 is 0. The molecule has 0 amide bonds. The summed E-state index contributed by atoms with van der Waals surface area (Å²) in [7, 11) is 0. The number of hydrogen-bond donors (Lipinski definition) is 0. The smallest absolute Gasteiger partial charge is 0.00200 e. The number of rotatable bonds is 2. The predicted octanol–water partition coefficient (Wildman–Crippen LogP) is 6.21. The van der Waals surface area contributed by atoms with Gasteiger partial charge in [0.05, 0.1) is 0 Å². The molecule has 0 N–H and O–H groups in total. The van der Waals surface area contributed by atoms with Gasteiger partial charge in [-0.1, -0.05) is 61.0 Å². The molecule has 0 spiro atoms. The molecule has 0 bridgehead atoms. The first-order valence-electron chi connectivity index (χ1n) is 7.93. The summed E-state index contributed by atoms with van der Waals surface area (Å²) in [5.74, 6) is 0.559. The molecule has 1 aliphatic rings. The summed E-state index contributed by atoms with van der Waals surface area (Å²) < 4.78 is 0. The first-order chi connectivity index (χ1) is 10.3. The predicted molar refractivity (Wildman–Crippen MR) is 91.8 cm³/mol. The number of fused-ring (bicyclic) bond motifs is 2. The summed E-state index contributed by atoms with van der Waals surface area (Å²) in [6.07, 6.45) is 6.31. The number of allylic oxidation sites excluding steroid dienone is 2. The Morgan fingerprint density at radius 1 is 0.810 bits per heavy atom. The van der Waals surface area contributed by atoms with Crippen molar-refractivity contribution in [2.24, 2.45) is 0 Å². The minimum atomic E-state index is 0.559. The molecule has 0 nitrogen and oxygen atoms in total. The highest BCUT2D eigenvalue weighted by Crippen LogP contribution is 2.34. The lowest BCUT2D eigenvalue weighted by Gasteiger charge is -2.14. The van der Waals surface area contributed by atoms with Crippen LogP contribution in [0.4, 0.5) is 0 Å². The Labute approximate surface area is 126 Å². The fourth-order valence-electron chi connectivity index (χ4n) is 3.53. The fourth-order valence-corrected chi connectivity index (χ4v) is 3.53. The summed E-state index contributed by atoms with van der Waals surface area (Å²) in [4.78, 5) is 0. The van der Waals surface area contributed by atoms with Crippen molar-refractivity contribution in [3.8, 4) is 0 Å². The van der Waals surface area contributed by atoms with Gasteiger partial charge in [0, 0.05) is 5.92 Å². The van der Waals surface area contributed by atoms with E-state index in [2.05, 4.69) is 67.6 Å². The van der Waals surface area contributed by atoms with Crippen LogP contribution in [0.2, 0.25) is 0 Å². The van der Waals surface area contributed by atoms with E-state index < -0.39 is 0 Å². The van der Waals surface area contributed by atoms with Gasteiger partial charge in [0.2, 0.25) is 0 Å². The topological polar surface area (TPSA) is 0 Å². The molecule has 3 aromatic carbocycles. The van der Waals surface area contributed by atoms with E-state index in [4.69, 9.17) is 0 Å². The quantitative estimate of drug-likeness (QED) is 0.384. The summed E-state index contributed by atoms with van der Waals surface area (Å²) in [6.45, 7) is 2.35. The van der Waals surface area contributed by atoms with Crippen molar-refractivity contribution in [1.82, 2.24) is 0 Å². The zero-order valence-electron chi connectivity index (χ0n) is 12.5. The standard InChI is InChI=1S/C21H20/c1-15(16-6-2-3-7-16)17-10-11-20-13-18-8-4-5-9-19(18)14-21(20)12-17/h4-6,8-15H,2-3,7H2,1H3. The summed E-state index contributed by atoms with van der Waals surface area (Å²) in [5.41, 5.74) is 3.07. The van der Waals surface area contributed by atoms with Gasteiger partial charge in [0.15, 0.2) is 0 Å². The van der Waals surface area contributed by atoms with Crippen LogP contribution in [0.15, 0.2) is 66.2 Å². The van der Waals surface area contributed by atoms with Crippen molar-refractivity contribution in [3.05, 3.63) is 71.8 Å². The van der Waals surface area contributed by atoms with Crippen molar-refractivity contribution in [2.75, 3.05) is 0 Å². The number of benzene rings is 3. The Morgan fingerprint density at radius 3 is 2.24 bits per heavy atom. The Hall–Kier alpha value is -2.08. The normalized spacial score (nSPS) is 16.3. The highest BCUT2D eigenvalue weighted by molar-refractivity contribution is 5.98. The summed E-state index contributed by atoms with van der Waals surface area (Å²) in [5, 5.41) is 5.35. The lowest BCUT2D eigenvalue weighted by Crippen LogP contribution is -1.96. The number of hydrogen-bond acceptors (Lipinski definition) is 0. The molecule has 0 heterocycles. The molecular formula is C21H20. The lowest BCUT2D eigenvalue weighted by atomic mass is 9.90. The molecular weight excluding hydrogens is 252 g/mol. The lowest BCUT2D eigenvalue weighted by molar-refractivity contribution is 0.813. The fraction of sp³-hybridized carbons (Fsp3) is 0.238. The molecule has 21 heavy (non-hydrogen) atoms. The third-order valence-corrected chi connectivity index (χ3v) is 4.86. The van der Waals surface area contributed by atoms with E-state index in [1.54, 1.807) is 5.57 Å². The second-order valence-corrected chi connectivity index (χ2v) is 6.20. The molecule has 0 fully saturated rings. The minimum Gasteiger partial charge on any atom is -0.0847 e. The highest BCUT2D eigenvalue weighted by Gasteiger charge is 2.14. The van der Waals surface area contributed by atoms with Gasteiger partial charge in [0.1, 0.15) is 0 Å². The average Bonchev–Trinajstić information content (AvgIpc) is 3.06. The third-order valence-electron chi connectivity index (χ3n) is 4.86. The van der Waals surface area contributed by atoms with Crippen LogP contribution in [-0.2, 0) is 0 Å². The highest BCUT2D eigenvalue weighted by atomic mass is 14.2. The maximum atomic E-state index is 2.44. The van der Waals surface area contributed by atoms with Gasteiger partial charge in [-0.15, -0.1) is 0 Å². The average molecular weight is 272 g/mol. The largest absolute Gasteiger partial charge is 0.0847 e. The minimum absolute atomic E-state index is 0.559. The Kier molecular flexibility index (Phi) is 3.03. The Morgan fingerprint density at radius 2 is 1.52 bits per heavy atom. The van der Waals surface area contributed by atoms with Gasteiger partial charge in [-0.2, -0.15) is 0 Å². The second-order valence-electron chi connectivity index (χ2n) is 6.20. The van der Waals surface area contributed by atoms with E-state index in [-0.39, 0.29) is 0 Å². The van der Waals surface area contributed by atoms with Gasteiger partial charge in [-0.25, -0.2) is 0 Å². The van der Waals surface area contributed by atoms with Crippen molar-refractivity contribution in [2.45, 2.75) is 32.1 Å². The van der Waals surface area contributed by atoms with Crippen LogP contribution in [0.25, 0.3) is 21.5 Å². The molecule has 4 rings (SSSR count). The van der Waals surface area contributed by atoms with Crippen LogP contribution < -0.4 is 0 Å². The zero-order chi connectivity index (χ0) is 14.2. The molecule has 0 radical (unpaired) electrons. The van der Waals surface area contributed by atoms with Crippen LogP contribution in [-0.4, -0.2) is 0 Å². The molecule has 0 aliphatic heterocycles. The van der Waals surface area contributed by atoms with Crippen LogP contribution in [0.1, 0.15) is 37.7 Å². The molecule has 1 unspecified atom stereocenters. The molecule has 0 saturated carbocycles. The maximum absolute atomic E-state index is 2.44. The SMILES string of the molecule is CC(C1=CCCC1)c1ccc2cc3ccccc3cc2c1. The van der Waals surface area contributed by atoms with Crippen molar-refractivity contribution >= 4 is 21.5 Å². The van der Waals surface area contributed by atoms with E-state index in [9.17, 15) is 0 Å². The molecule has 0 heteroatoms. The monoisotopic (exact) mass is 272 g/mol. The van der Waals surface area contributed by atoms with E-state index in [1.807, 2.05) is 0 Å². The molecule has 3 aromatic rings. The maximum Gasteiger partial charge on any atom is 0.00200 e. The summed E-state index contributed by atoms with van der Waals surface area (Å²) in [6, 6.07) is 20.2. The molecule has 0 aromatic heterocycles. The van der Waals surface area contributed by atoms with Gasteiger partial charge < -0.3 is 0 Å². The van der Waals surface area contributed by atoms with Crippen molar-refractivity contribution in [3.63, 3.8) is 0 Å². The van der Waals surface area contributed by atoms with Crippen LogP contribution >= 0.6 is 0 Å². The van der Waals surface area contributed by atoms with Crippen molar-refractivity contribution in [1.29, 1.82) is 0 Å². The van der Waals surface area contributed by atoms with E-state index in [0.29, 0.717) is 5.92 Å². The first-order valence-corrected chi connectivity index (χ1v) is 7.93. The molecule has 1 atom stereocenters. The Balaban J connectivity index is 1.83. The Bertz CT molecular complexity index is 839. The van der Waals surface area contributed by atoms with E-state index in [0.717, 1.165) is 0 Å². The molecule has 104 valence electrons. The second kappa shape index (κ2) is 5.04. The van der Waals surface area contributed by atoms with Crippen LogP contribution in [0, 0.1) is 0 Å². The van der Waals surface area contributed by atoms with Gasteiger partial charge >= 0.3 is 0 Å². The van der Waals surface area contributed by atoms with Crippen molar-refractivity contribution < 1.29 is 0 Å². The van der Waals surface area contributed by atoms with Gasteiger partial charge in [0.25, 0.3) is 0 Å². The van der Waals surface area contributed by atoms with E-state index >= 15 is 0 Å². The van der Waals surface area contributed by atoms with Gasteiger partial charge in [-0.3, -0.25) is 0 Å². The van der Waals surface area contributed by atoms with E-state index in [1.165, 1.54) is 46.4 Å². The molecule has 1 aliphatic carbocycles.